The molecule has 0 aromatic carbocycles. The fourth-order valence-corrected chi connectivity index (χ4v) is 3.64. The molecule has 0 aromatic rings. The van der Waals surface area contributed by atoms with Crippen LogP contribution >= 0.6 is 0 Å². The van der Waals surface area contributed by atoms with Crippen molar-refractivity contribution in [1.29, 1.82) is 0 Å². The number of carbonyl (C=O) groups excluding carboxylic acids is 1. The molecule has 0 aromatic heterocycles. The van der Waals surface area contributed by atoms with Crippen molar-refractivity contribution in [2.24, 2.45) is 11.8 Å². The van der Waals surface area contributed by atoms with E-state index in [9.17, 15) is 4.79 Å². The Labute approximate surface area is 117 Å². The van der Waals surface area contributed by atoms with Crippen LogP contribution in [0, 0.1) is 11.8 Å². The Morgan fingerprint density at radius 2 is 1.74 bits per heavy atom. The van der Waals surface area contributed by atoms with E-state index in [0.717, 1.165) is 37.8 Å². The first-order valence-corrected chi connectivity index (χ1v) is 7.75. The number of piperidine rings is 2. The molecule has 0 radical (unpaired) electrons. The van der Waals surface area contributed by atoms with Crippen LogP contribution in [0.25, 0.3) is 0 Å². The number of rotatable bonds is 2. The molecule has 4 nitrogen and oxygen atoms in total. The first-order valence-electron chi connectivity index (χ1n) is 7.75. The first-order chi connectivity index (χ1) is 9.10. The minimum absolute atomic E-state index is 0.138. The Morgan fingerprint density at radius 1 is 1.16 bits per heavy atom. The molecule has 2 atom stereocenters. The van der Waals surface area contributed by atoms with Gasteiger partial charge in [0.15, 0.2) is 0 Å². The third-order valence-electron chi connectivity index (χ3n) is 4.40. The van der Waals surface area contributed by atoms with Crippen LogP contribution in [0.4, 0.5) is 4.79 Å². The summed E-state index contributed by atoms with van der Waals surface area (Å²) in [6.07, 6.45) is 3.41. The highest BCUT2D eigenvalue weighted by atomic mass is 16.6. The molecule has 0 aliphatic carbocycles. The Morgan fingerprint density at radius 3 is 2.26 bits per heavy atom. The molecular weight excluding hydrogens is 240 g/mol. The lowest BCUT2D eigenvalue weighted by molar-refractivity contribution is 0.0467. The number of ether oxygens (including phenoxy) is 1. The van der Waals surface area contributed by atoms with Gasteiger partial charge in [-0.3, -0.25) is 4.90 Å². The molecule has 2 aliphatic rings. The van der Waals surface area contributed by atoms with Gasteiger partial charge in [0, 0.05) is 32.2 Å². The Hall–Kier alpha value is -0.770. The first kappa shape index (κ1) is 14.6. The van der Waals surface area contributed by atoms with E-state index in [0.29, 0.717) is 12.6 Å². The lowest BCUT2D eigenvalue weighted by Crippen LogP contribution is -2.50. The zero-order valence-electron chi connectivity index (χ0n) is 12.6. The van der Waals surface area contributed by atoms with Crippen molar-refractivity contribution < 1.29 is 9.53 Å². The highest BCUT2D eigenvalue weighted by molar-refractivity contribution is 5.67. The van der Waals surface area contributed by atoms with E-state index < -0.39 is 0 Å². The molecule has 0 unspecified atom stereocenters. The summed E-state index contributed by atoms with van der Waals surface area (Å²) in [5, 5.41) is 0. The standard InChI is InChI=1S/C15H28N2O2/c1-4-19-15(18)16-7-5-14(6-8-16)17-10-12(2)9-13(3)11-17/h12-14H,4-11H2,1-3H3/t12-,13+. The zero-order chi connectivity index (χ0) is 13.8. The van der Waals surface area contributed by atoms with Gasteiger partial charge in [0.1, 0.15) is 0 Å². The average molecular weight is 268 g/mol. The van der Waals surface area contributed by atoms with Crippen LogP contribution in [0.2, 0.25) is 0 Å². The third-order valence-corrected chi connectivity index (χ3v) is 4.40. The second-order valence-corrected chi connectivity index (χ2v) is 6.32. The molecule has 2 saturated heterocycles. The molecule has 110 valence electrons. The number of likely N-dealkylation sites (tertiary alicyclic amines) is 2. The summed E-state index contributed by atoms with van der Waals surface area (Å²) in [6, 6.07) is 0.663. The summed E-state index contributed by atoms with van der Waals surface area (Å²) < 4.78 is 5.07. The lowest BCUT2D eigenvalue weighted by Gasteiger charge is -2.43. The van der Waals surface area contributed by atoms with Crippen molar-refractivity contribution in [2.75, 3.05) is 32.8 Å². The van der Waals surface area contributed by atoms with Gasteiger partial charge in [-0.1, -0.05) is 13.8 Å². The van der Waals surface area contributed by atoms with Gasteiger partial charge in [0.05, 0.1) is 6.61 Å². The van der Waals surface area contributed by atoms with E-state index in [2.05, 4.69) is 18.7 Å². The summed E-state index contributed by atoms with van der Waals surface area (Å²) >= 11 is 0. The molecule has 4 heteroatoms. The molecule has 0 bridgehead atoms. The minimum atomic E-state index is -0.138. The van der Waals surface area contributed by atoms with Crippen LogP contribution < -0.4 is 0 Å². The van der Waals surface area contributed by atoms with Gasteiger partial charge in [-0.2, -0.15) is 0 Å². The topological polar surface area (TPSA) is 32.8 Å². The molecule has 2 aliphatic heterocycles. The van der Waals surface area contributed by atoms with Crippen LogP contribution in [0.3, 0.4) is 0 Å². The summed E-state index contributed by atoms with van der Waals surface area (Å²) in [5.41, 5.74) is 0. The van der Waals surface area contributed by atoms with Crippen LogP contribution in [0.5, 0.6) is 0 Å². The smallest absolute Gasteiger partial charge is 0.409 e. The molecule has 0 saturated carbocycles. The SMILES string of the molecule is CCOC(=O)N1CCC(N2C[C@H](C)C[C@H](C)C2)CC1. The van der Waals surface area contributed by atoms with Gasteiger partial charge in [-0.15, -0.1) is 0 Å². The van der Waals surface area contributed by atoms with E-state index in [1.165, 1.54) is 19.5 Å². The highest BCUT2D eigenvalue weighted by Gasteiger charge is 2.31. The zero-order valence-corrected chi connectivity index (χ0v) is 12.6. The molecular formula is C15H28N2O2. The van der Waals surface area contributed by atoms with Crippen LogP contribution in [-0.2, 0) is 4.74 Å². The normalized spacial score (nSPS) is 30.4. The number of amides is 1. The Balaban J connectivity index is 1.81. The Bertz CT molecular complexity index is 291. The number of hydrogen-bond donors (Lipinski definition) is 0. The quantitative estimate of drug-likeness (QED) is 0.771. The predicted octanol–water partition coefficient (Wildman–Crippen LogP) is 2.59. The third kappa shape index (κ3) is 3.85. The molecule has 19 heavy (non-hydrogen) atoms. The van der Waals surface area contributed by atoms with Gasteiger partial charge in [0.2, 0.25) is 0 Å². The Kier molecular flexibility index (Phi) is 5.08. The van der Waals surface area contributed by atoms with Crippen molar-refractivity contribution >= 4 is 6.09 Å². The van der Waals surface area contributed by atoms with Gasteiger partial charge < -0.3 is 9.64 Å². The van der Waals surface area contributed by atoms with Crippen LogP contribution in [0.1, 0.15) is 40.0 Å². The van der Waals surface area contributed by atoms with Crippen molar-refractivity contribution in [2.45, 2.75) is 46.1 Å². The van der Waals surface area contributed by atoms with E-state index in [1.807, 2.05) is 11.8 Å². The van der Waals surface area contributed by atoms with E-state index >= 15 is 0 Å². The molecule has 0 spiro atoms. The van der Waals surface area contributed by atoms with Crippen LogP contribution in [0.15, 0.2) is 0 Å². The number of nitrogens with zero attached hydrogens (tertiary/aromatic N) is 2. The summed E-state index contributed by atoms with van der Waals surface area (Å²) in [7, 11) is 0. The lowest BCUT2D eigenvalue weighted by atomic mass is 9.89. The molecule has 2 rings (SSSR count). The van der Waals surface area contributed by atoms with Gasteiger partial charge in [-0.25, -0.2) is 4.79 Å². The van der Waals surface area contributed by atoms with Crippen LogP contribution in [-0.4, -0.2) is 54.7 Å². The number of hydrogen-bond acceptors (Lipinski definition) is 3. The second-order valence-electron chi connectivity index (χ2n) is 6.32. The monoisotopic (exact) mass is 268 g/mol. The summed E-state index contributed by atoms with van der Waals surface area (Å²) in [4.78, 5) is 16.2. The maximum Gasteiger partial charge on any atom is 0.409 e. The van der Waals surface area contributed by atoms with Gasteiger partial charge in [-0.05, 0) is 38.0 Å². The van der Waals surface area contributed by atoms with Gasteiger partial charge >= 0.3 is 6.09 Å². The fourth-order valence-electron chi connectivity index (χ4n) is 3.64. The van der Waals surface area contributed by atoms with E-state index in [-0.39, 0.29) is 6.09 Å². The fraction of sp³-hybridized carbons (Fsp3) is 0.933. The highest BCUT2D eigenvalue weighted by Crippen LogP contribution is 2.26. The van der Waals surface area contributed by atoms with E-state index in [1.54, 1.807) is 0 Å². The van der Waals surface area contributed by atoms with E-state index in [4.69, 9.17) is 4.74 Å². The predicted molar refractivity (Wildman–Crippen MR) is 76.1 cm³/mol. The molecule has 2 heterocycles. The van der Waals surface area contributed by atoms with Crippen molar-refractivity contribution in [3.63, 3.8) is 0 Å². The number of carbonyl (C=O) groups is 1. The van der Waals surface area contributed by atoms with Gasteiger partial charge in [0.25, 0.3) is 0 Å². The molecule has 1 amide bonds. The summed E-state index contributed by atoms with van der Waals surface area (Å²) in [6.45, 7) is 11.2. The van der Waals surface area contributed by atoms with Crippen molar-refractivity contribution in [3.05, 3.63) is 0 Å². The summed E-state index contributed by atoms with van der Waals surface area (Å²) in [5.74, 6) is 1.62. The largest absolute Gasteiger partial charge is 0.450 e. The molecule has 0 N–H and O–H groups in total. The average Bonchev–Trinajstić information content (AvgIpc) is 2.38. The van der Waals surface area contributed by atoms with Crippen molar-refractivity contribution in [3.8, 4) is 0 Å². The second kappa shape index (κ2) is 6.60. The minimum Gasteiger partial charge on any atom is -0.450 e. The maximum absolute atomic E-state index is 11.7. The molecule has 2 fully saturated rings. The maximum atomic E-state index is 11.7. The van der Waals surface area contributed by atoms with Crippen molar-refractivity contribution in [1.82, 2.24) is 9.80 Å².